The zero-order chi connectivity index (χ0) is 32.7. The fraction of sp³-hybridized carbons (Fsp3) is 0.257. The van der Waals surface area contributed by atoms with E-state index in [9.17, 15) is 19.8 Å². The van der Waals surface area contributed by atoms with E-state index < -0.39 is 18.0 Å². The van der Waals surface area contributed by atoms with Crippen molar-refractivity contribution in [3.63, 3.8) is 0 Å². The Bertz CT molecular complexity index is 2050. The van der Waals surface area contributed by atoms with Crippen molar-refractivity contribution in [2.24, 2.45) is 0 Å². The smallest absolute Gasteiger partial charge is 0.429 e. The molecule has 0 radical (unpaired) electrons. The SMILES string of the molecule is CCc1c2c(nc3ccc(OC(=O)OCc4ccc(SSc5ccccn5)cc4)cc13)-c1cc3c(c(=O)n1C2)COC(O)[C@]3(O)CC. The standard InChI is InChI=1S/C35H31N3O7S2/c1-3-23-24-15-21(45-34(41)44-18-20-8-11-22(12-9-20)46-47-30-7-5-6-14-36-30)10-13-28(24)37-31-25(23)17-38-29(31)16-27-26(32(38)39)19-43-33(40)35(27,42)4-2/h5-16,33,40,42H,3-4,17-19H2,1-2H3/t33?,35-/m0/s1. The first-order valence-electron chi connectivity index (χ1n) is 15.2. The molecule has 7 rings (SSSR count). The van der Waals surface area contributed by atoms with E-state index >= 15 is 0 Å². The van der Waals surface area contributed by atoms with Gasteiger partial charge in [-0.2, -0.15) is 0 Å². The van der Waals surface area contributed by atoms with Gasteiger partial charge in [-0.1, -0.05) is 42.8 Å². The van der Waals surface area contributed by atoms with Crippen LogP contribution in [0.4, 0.5) is 4.79 Å². The molecule has 5 heterocycles. The summed E-state index contributed by atoms with van der Waals surface area (Å²) in [5.41, 5.74) is 3.35. The first-order chi connectivity index (χ1) is 22.8. The van der Waals surface area contributed by atoms with Gasteiger partial charge in [0, 0.05) is 33.2 Å². The van der Waals surface area contributed by atoms with Gasteiger partial charge in [0.25, 0.3) is 5.56 Å². The number of carbonyl (C=O) groups excluding carboxylic acids is 1. The van der Waals surface area contributed by atoms with Crippen LogP contribution in [0.25, 0.3) is 22.3 Å². The maximum absolute atomic E-state index is 13.6. The van der Waals surface area contributed by atoms with Gasteiger partial charge in [-0.05, 0) is 83.3 Å². The monoisotopic (exact) mass is 669 g/mol. The number of carbonyl (C=O) groups is 1. The number of aromatic nitrogens is 3. The predicted octanol–water partition coefficient (Wildman–Crippen LogP) is 6.34. The Balaban J connectivity index is 1.08. The predicted molar refractivity (Wildman–Crippen MR) is 178 cm³/mol. The topological polar surface area (TPSA) is 133 Å². The van der Waals surface area contributed by atoms with Crippen LogP contribution in [0.5, 0.6) is 5.75 Å². The highest BCUT2D eigenvalue weighted by Crippen LogP contribution is 2.42. The van der Waals surface area contributed by atoms with Gasteiger partial charge in [0.15, 0.2) is 6.29 Å². The van der Waals surface area contributed by atoms with Crippen molar-refractivity contribution in [2.75, 3.05) is 0 Å². The fourth-order valence-electron chi connectivity index (χ4n) is 6.12. The Morgan fingerprint density at radius 2 is 1.91 bits per heavy atom. The third-order valence-corrected chi connectivity index (χ3v) is 10.9. The van der Waals surface area contributed by atoms with Crippen LogP contribution in [0.15, 0.2) is 87.6 Å². The second kappa shape index (κ2) is 12.8. The summed E-state index contributed by atoms with van der Waals surface area (Å²) in [4.78, 5) is 36.5. The number of nitrogens with zero attached hydrogens (tertiary/aromatic N) is 3. The average Bonchev–Trinajstić information content (AvgIpc) is 3.46. The van der Waals surface area contributed by atoms with Gasteiger partial charge >= 0.3 is 6.16 Å². The third kappa shape index (κ3) is 5.80. The van der Waals surface area contributed by atoms with Crippen molar-refractivity contribution in [1.82, 2.24) is 14.5 Å². The lowest BCUT2D eigenvalue weighted by atomic mass is 9.85. The number of pyridine rings is 3. The molecule has 0 saturated heterocycles. The van der Waals surface area contributed by atoms with Gasteiger partial charge in [-0.3, -0.25) is 4.79 Å². The van der Waals surface area contributed by atoms with Gasteiger partial charge in [0.05, 0.1) is 30.1 Å². The molecule has 1 unspecified atom stereocenters. The molecule has 0 fully saturated rings. The lowest BCUT2D eigenvalue weighted by Gasteiger charge is -2.37. The molecule has 10 nitrogen and oxygen atoms in total. The number of aliphatic hydroxyl groups excluding tert-OH is 1. The van der Waals surface area contributed by atoms with Crippen molar-refractivity contribution in [3.05, 3.63) is 111 Å². The molecule has 0 spiro atoms. The Hall–Kier alpha value is -4.20. The molecule has 12 heteroatoms. The number of benzene rings is 2. The minimum Gasteiger partial charge on any atom is -0.429 e. The number of hydrogen-bond donors (Lipinski definition) is 2. The second-order valence-electron chi connectivity index (χ2n) is 11.3. The quantitative estimate of drug-likeness (QED) is 0.107. The van der Waals surface area contributed by atoms with E-state index in [0.29, 0.717) is 46.7 Å². The van der Waals surface area contributed by atoms with Crippen LogP contribution in [0.3, 0.4) is 0 Å². The van der Waals surface area contributed by atoms with E-state index in [1.165, 1.54) is 0 Å². The van der Waals surface area contributed by atoms with Gasteiger partial charge in [0.1, 0.15) is 23.0 Å². The molecule has 0 bridgehead atoms. The number of aliphatic hydroxyl groups is 2. The van der Waals surface area contributed by atoms with E-state index in [0.717, 1.165) is 32.0 Å². The molecule has 0 amide bonds. The largest absolute Gasteiger partial charge is 0.514 e. The van der Waals surface area contributed by atoms with Crippen molar-refractivity contribution in [2.45, 2.75) is 68.3 Å². The molecule has 2 atom stereocenters. The maximum Gasteiger partial charge on any atom is 0.514 e. The molecule has 2 N–H and O–H groups in total. The highest BCUT2D eigenvalue weighted by Gasteiger charge is 2.44. The molecule has 2 aliphatic rings. The molecule has 0 saturated carbocycles. The summed E-state index contributed by atoms with van der Waals surface area (Å²) in [7, 11) is 3.17. The Labute approximate surface area is 278 Å². The summed E-state index contributed by atoms with van der Waals surface area (Å²) in [6.07, 6.45) is 0.325. The van der Waals surface area contributed by atoms with Gasteiger partial charge in [-0.15, -0.1) is 0 Å². The Morgan fingerprint density at radius 1 is 1.09 bits per heavy atom. The molecule has 2 aromatic carbocycles. The number of fused-ring (bicyclic) bond motifs is 5. The van der Waals surface area contributed by atoms with Crippen LogP contribution in [0.1, 0.15) is 48.1 Å². The first kappa shape index (κ1) is 31.4. The molecule has 47 heavy (non-hydrogen) atoms. The number of hydrogen-bond acceptors (Lipinski definition) is 11. The van der Waals surface area contributed by atoms with Gasteiger partial charge in [-0.25, -0.2) is 14.8 Å². The summed E-state index contributed by atoms with van der Waals surface area (Å²) in [5, 5.41) is 23.4. The first-order valence-corrected chi connectivity index (χ1v) is 17.4. The number of aryl methyl sites for hydroxylation is 1. The van der Waals surface area contributed by atoms with E-state index in [1.807, 2.05) is 49.4 Å². The van der Waals surface area contributed by atoms with Gasteiger partial charge < -0.3 is 29.0 Å². The molecule has 0 aliphatic carbocycles. The van der Waals surface area contributed by atoms with E-state index in [2.05, 4.69) is 4.98 Å². The van der Waals surface area contributed by atoms with E-state index in [-0.39, 0.29) is 25.2 Å². The van der Waals surface area contributed by atoms with Crippen LogP contribution >= 0.6 is 21.6 Å². The molecule has 5 aromatic rings. The third-order valence-electron chi connectivity index (χ3n) is 8.63. The van der Waals surface area contributed by atoms with Crippen LogP contribution in [-0.2, 0) is 41.3 Å². The summed E-state index contributed by atoms with van der Waals surface area (Å²) >= 11 is 0. The van der Waals surface area contributed by atoms with Crippen LogP contribution in [0.2, 0.25) is 0 Å². The van der Waals surface area contributed by atoms with Crippen LogP contribution in [0, 0.1) is 0 Å². The molecule has 3 aromatic heterocycles. The van der Waals surface area contributed by atoms with Gasteiger partial charge in [0.2, 0.25) is 0 Å². The van der Waals surface area contributed by atoms with Crippen molar-refractivity contribution >= 4 is 38.6 Å². The zero-order valence-electron chi connectivity index (χ0n) is 25.6. The lowest BCUT2D eigenvalue weighted by Crippen LogP contribution is -2.47. The highest BCUT2D eigenvalue weighted by atomic mass is 33.1. The summed E-state index contributed by atoms with van der Waals surface area (Å²) in [5.74, 6) is 0.319. The van der Waals surface area contributed by atoms with Crippen LogP contribution in [-0.4, -0.2) is 37.2 Å². The maximum atomic E-state index is 13.6. The minimum atomic E-state index is -1.70. The van der Waals surface area contributed by atoms with E-state index in [1.54, 1.807) is 63.5 Å². The van der Waals surface area contributed by atoms with E-state index in [4.69, 9.17) is 19.2 Å². The summed E-state index contributed by atoms with van der Waals surface area (Å²) in [6, 6.07) is 20.5. The summed E-state index contributed by atoms with van der Waals surface area (Å²) < 4.78 is 18.0. The Morgan fingerprint density at radius 3 is 2.66 bits per heavy atom. The number of ether oxygens (including phenoxy) is 3. The molecule has 240 valence electrons. The summed E-state index contributed by atoms with van der Waals surface area (Å²) in [6.45, 7) is 4.04. The number of rotatable bonds is 8. The molecular weight excluding hydrogens is 639 g/mol. The zero-order valence-corrected chi connectivity index (χ0v) is 27.3. The second-order valence-corrected chi connectivity index (χ2v) is 13.5. The normalized spacial score (nSPS) is 18.0. The van der Waals surface area contributed by atoms with Crippen molar-refractivity contribution < 1.29 is 29.2 Å². The highest BCUT2D eigenvalue weighted by molar-refractivity contribution is 8.76. The Kier molecular flexibility index (Phi) is 8.54. The lowest BCUT2D eigenvalue weighted by molar-refractivity contribution is -0.236. The minimum absolute atomic E-state index is 0.0617. The molecule has 2 aliphatic heterocycles. The van der Waals surface area contributed by atoms with Crippen LogP contribution < -0.4 is 10.3 Å². The van der Waals surface area contributed by atoms with Crippen molar-refractivity contribution in [3.8, 4) is 17.1 Å². The average molecular weight is 670 g/mol. The van der Waals surface area contributed by atoms with Crippen molar-refractivity contribution in [1.29, 1.82) is 0 Å². The fourth-order valence-corrected chi connectivity index (χ4v) is 7.96. The molecular formula is C35H31N3O7S2.